The highest BCUT2D eigenvalue weighted by molar-refractivity contribution is 7.21. The van der Waals surface area contributed by atoms with Crippen LogP contribution in [0.4, 0.5) is 0 Å². The molecule has 2 aromatic heterocycles. The first-order valence-corrected chi connectivity index (χ1v) is 9.89. The number of aryl methyl sites for hydroxylation is 1. The van der Waals surface area contributed by atoms with Crippen LogP contribution in [0.25, 0.3) is 10.1 Å². The summed E-state index contributed by atoms with van der Waals surface area (Å²) >= 11 is 13.6. The Balaban J connectivity index is 1.48. The number of nitrogens with one attached hydrogen (secondary N) is 2. The van der Waals surface area contributed by atoms with Crippen LogP contribution >= 0.6 is 34.5 Å². The average Bonchev–Trinajstić information content (AvgIpc) is 2.97. The number of carbonyl (C=O) groups excluding carboxylic acids is 2. The number of thiophene rings is 1. The Morgan fingerprint density at radius 3 is 2.52 bits per heavy atom. The van der Waals surface area contributed by atoms with Crippen molar-refractivity contribution in [1.29, 1.82) is 0 Å². The lowest BCUT2D eigenvalue weighted by Crippen LogP contribution is -2.29. The fraction of sp³-hybridized carbons (Fsp3) is 0.211. The van der Waals surface area contributed by atoms with Gasteiger partial charge in [-0.1, -0.05) is 29.3 Å². The summed E-state index contributed by atoms with van der Waals surface area (Å²) in [6.07, 6.45) is 2.15. The van der Waals surface area contributed by atoms with Gasteiger partial charge in [0.05, 0.1) is 10.6 Å². The molecule has 0 saturated heterocycles. The summed E-state index contributed by atoms with van der Waals surface area (Å²) in [5.41, 5.74) is 1.37. The van der Waals surface area contributed by atoms with Crippen molar-refractivity contribution in [3.63, 3.8) is 0 Å². The smallest absolute Gasteiger partial charge is 0.262 e. The van der Waals surface area contributed by atoms with Crippen molar-refractivity contribution in [2.45, 2.75) is 13.3 Å². The van der Waals surface area contributed by atoms with Gasteiger partial charge < -0.3 is 10.6 Å². The van der Waals surface area contributed by atoms with E-state index in [9.17, 15) is 9.59 Å². The third-order valence-corrected chi connectivity index (χ3v) is 5.79. The maximum Gasteiger partial charge on any atom is 0.262 e. The molecule has 5 nitrogen and oxygen atoms in total. The van der Waals surface area contributed by atoms with Crippen LogP contribution in [0.5, 0.6) is 0 Å². The van der Waals surface area contributed by atoms with E-state index in [0.29, 0.717) is 40.0 Å². The van der Waals surface area contributed by atoms with Gasteiger partial charge in [0.25, 0.3) is 11.8 Å². The van der Waals surface area contributed by atoms with Crippen LogP contribution in [0, 0.1) is 6.92 Å². The maximum absolute atomic E-state index is 12.4. The highest BCUT2D eigenvalue weighted by atomic mass is 35.5. The summed E-state index contributed by atoms with van der Waals surface area (Å²) in [5, 5.41) is 7.48. The Labute approximate surface area is 170 Å². The molecule has 2 amide bonds. The summed E-state index contributed by atoms with van der Waals surface area (Å²) in [6.45, 7) is 2.74. The number of benzene rings is 1. The molecule has 0 unspecified atom stereocenters. The van der Waals surface area contributed by atoms with Crippen LogP contribution in [0.2, 0.25) is 10.0 Å². The van der Waals surface area contributed by atoms with Gasteiger partial charge in [0, 0.05) is 40.1 Å². The zero-order valence-corrected chi connectivity index (χ0v) is 16.8. The molecule has 27 heavy (non-hydrogen) atoms. The average molecular weight is 422 g/mol. The van der Waals surface area contributed by atoms with Crippen molar-refractivity contribution in [3.05, 3.63) is 62.7 Å². The molecule has 0 aliphatic heterocycles. The van der Waals surface area contributed by atoms with Gasteiger partial charge in [-0.15, -0.1) is 11.3 Å². The predicted molar refractivity (Wildman–Crippen MR) is 110 cm³/mol. The molecule has 2 N–H and O–H groups in total. The number of pyridine rings is 1. The highest BCUT2D eigenvalue weighted by Crippen LogP contribution is 2.36. The Morgan fingerprint density at radius 1 is 1.07 bits per heavy atom. The molecule has 2 heterocycles. The molecule has 3 aromatic rings. The number of hydrogen-bond donors (Lipinski definition) is 2. The zero-order valence-electron chi connectivity index (χ0n) is 14.5. The van der Waals surface area contributed by atoms with E-state index < -0.39 is 0 Å². The Morgan fingerprint density at radius 2 is 1.81 bits per heavy atom. The van der Waals surface area contributed by atoms with Gasteiger partial charge in [0.15, 0.2) is 0 Å². The topological polar surface area (TPSA) is 71.1 Å². The molecule has 3 rings (SSSR count). The number of rotatable bonds is 6. The van der Waals surface area contributed by atoms with E-state index in [0.717, 1.165) is 15.8 Å². The van der Waals surface area contributed by atoms with E-state index in [-0.39, 0.29) is 11.8 Å². The normalized spacial score (nSPS) is 10.8. The Hall–Kier alpha value is -2.15. The summed E-state index contributed by atoms with van der Waals surface area (Å²) < 4.78 is 0.872. The molecule has 140 valence electrons. The molecular weight excluding hydrogens is 405 g/mol. The van der Waals surface area contributed by atoms with E-state index >= 15 is 0 Å². The summed E-state index contributed by atoms with van der Waals surface area (Å²) in [7, 11) is 0. The summed E-state index contributed by atoms with van der Waals surface area (Å²) in [5.74, 6) is -0.412. The van der Waals surface area contributed by atoms with Gasteiger partial charge in [-0.2, -0.15) is 0 Å². The molecular formula is C19H17Cl2N3O2S. The highest BCUT2D eigenvalue weighted by Gasteiger charge is 2.17. The molecule has 1 aromatic carbocycles. The van der Waals surface area contributed by atoms with Crippen molar-refractivity contribution in [2.24, 2.45) is 0 Å². The monoisotopic (exact) mass is 421 g/mol. The van der Waals surface area contributed by atoms with E-state index in [1.807, 2.05) is 13.0 Å². The molecule has 0 fully saturated rings. The first-order chi connectivity index (χ1) is 13.0. The van der Waals surface area contributed by atoms with E-state index in [1.54, 1.807) is 30.5 Å². The SMILES string of the molecule is Cc1ccc(C(=O)NCCCNC(=O)c2sc3cc(Cl)ccc3c2Cl)cn1. The van der Waals surface area contributed by atoms with Crippen molar-refractivity contribution in [3.8, 4) is 0 Å². The van der Waals surface area contributed by atoms with Gasteiger partial charge in [-0.25, -0.2) is 0 Å². The molecule has 0 bridgehead atoms. The van der Waals surface area contributed by atoms with Crippen LogP contribution in [0.15, 0.2) is 36.5 Å². The van der Waals surface area contributed by atoms with Gasteiger partial charge in [-0.3, -0.25) is 14.6 Å². The van der Waals surface area contributed by atoms with Crippen molar-refractivity contribution < 1.29 is 9.59 Å². The largest absolute Gasteiger partial charge is 0.352 e. The van der Waals surface area contributed by atoms with E-state index in [2.05, 4.69) is 15.6 Å². The van der Waals surface area contributed by atoms with Gasteiger partial charge >= 0.3 is 0 Å². The molecule has 0 saturated carbocycles. The second kappa shape index (κ2) is 8.69. The minimum Gasteiger partial charge on any atom is -0.352 e. The molecule has 8 heteroatoms. The lowest BCUT2D eigenvalue weighted by atomic mass is 10.2. The van der Waals surface area contributed by atoms with E-state index in [4.69, 9.17) is 23.2 Å². The summed E-state index contributed by atoms with van der Waals surface area (Å²) in [6, 6.07) is 8.87. The standard InChI is InChI=1S/C19H17Cl2N3O2S/c1-11-3-4-12(10-24-11)18(25)22-7-2-8-23-19(26)17-16(21)14-6-5-13(20)9-15(14)27-17/h3-6,9-10H,2,7-8H2,1H3,(H,22,25)(H,23,26). The zero-order chi connectivity index (χ0) is 19.4. The number of halogens is 2. The third-order valence-electron chi connectivity index (χ3n) is 3.90. The first-order valence-electron chi connectivity index (χ1n) is 8.32. The maximum atomic E-state index is 12.4. The van der Waals surface area contributed by atoms with Crippen LogP contribution < -0.4 is 10.6 Å². The second-order valence-corrected chi connectivity index (χ2v) is 7.81. The van der Waals surface area contributed by atoms with E-state index in [1.165, 1.54) is 11.3 Å². The Kier molecular flexibility index (Phi) is 6.31. The second-order valence-electron chi connectivity index (χ2n) is 5.94. The molecule has 0 aliphatic carbocycles. The minimum atomic E-state index is -0.230. The predicted octanol–water partition coefficient (Wildman–Crippen LogP) is 4.46. The number of nitrogens with zero attached hydrogens (tertiary/aromatic N) is 1. The summed E-state index contributed by atoms with van der Waals surface area (Å²) in [4.78, 5) is 28.9. The van der Waals surface area contributed by atoms with Gasteiger partial charge in [0.1, 0.15) is 4.88 Å². The van der Waals surface area contributed by atoms with Gasteiger partial charge in [0.2, 0.25) is 0 Å². The van der Waals surface area contributed by atoms with Crippen LogP contribution in [0.1, 0.15) is 32.1 Å². The lowest BCUT2D eigenvalue weighted by Gasteiger charge is -2.06. The van der Waals surface area contributed by atoms with Crippen LogP contribution in [-0.2, 0) is 0 Å². The number of carbonyl (C=O) groups is 2. The Bertz CT molecular complexity index is 987. The quantitative estimate of drug-likeness (QED) is 0.577. The first kappa shape index (κ1) is 19.6. The fourth-order valence-electron chi connectivity index (χ4n) is 2.46. The van der Waals surface area contributed by atoms with Crippen molar-refractivity contribution in [1.82, 2.24) is 15.6 Å². The molecule has 0 radical (unpaired) electrons. The third kappa shape index (κ3) is 4.77. The number of amides is 2. The van der Waals surface area contributed by atoms with Crippen LogP contribution in [0.3, 0.4) is 0 Å². The number of hydrogen-bond acceptors (Lipinski definition) is 4. The number of fused-ring (bicyclic) bond motifs is 1. The van der Waals surface area contributed by atoms with Crippen molar-refractivity contribution >= 4 is 56.4 Å². The van der Waals surface area contributed by atoms with Gasteiger partial charge in [-0.05, 0) is 37.6 Å². The van der Waals surface area contributed by atoms with Crippen LogP contribution in [-0.4, -0.2) is 29.9 Å². The van der Waals surface area contributed by atoms with Crippen molar-refractivity contribution in [2.75, 3.05) is 13.1 Å². The minimum absolute atomic E-state index is 0.182. The lowest BCUT2D eigenvalue weighted by molar-refractivity contribution is 0.0952. The molecule has 0 atom stereocenters. The molecule has 0 aliphatic rings. The fourth-order valence-corrected chi connectivity index (χ4v) is 4.17. The molecule has 0 spiro atoms. The number of aromatic nitrogens is 1.